The number of fused-ring (bicyclic) bond motifs is 1. The van der Waals surface area contributed by atoms with Crippen molar-refractivity contribution in [3.05, 3.63) is 47.3 Å². The fourth-order valence-corrected chi connectivity index (χ4v) is 4.69. The molecular formula is C24H30N4O5. The van der Waals surface area contributed by atoms with E-state index in [9.17, 15) is 14.4 Å². The van der Waals surface area contributed by atoms with Gasteiger partial charge in [-0.15, -0.1) is 0 Å². The van der Waals surface area contributed by atoms with Gasteiger partial charge in [-0.25, -0.2) is 4.79 Å². The molecule has 0 radical (unpaired) electrons. The first kappa shape index (κ1) is 22.8. The maximum Gasteiger partial charge on any atom is 0.358 e. The Morgan fingerprint density at radius 1 is 1.18 bits per heavy atom. The first-order valence-corrected chi connectivity index (χ1v) is 11.3. The quantitative estimate of drug-likeness (QED) is 0.673. The fourth-order valence-electron chi connectivity index (χ4n) is 4.69. The van der Waals surface area contributed by atoms with E-state index in [0.29, 0.717) is 5.75 Å². The minimum Gasteiger partial charge on any atom is -0.496 e. The SMILES string of the molecule is COC(=O)c1cc2n(n1)C[C@](C)(C(=O)NC1CCCCC1)N(Cc1ccccc1OC)C2=O. The number of carbonyl (C=O) groups is 3. The summed E-state index contributed by atoms with van der Waals surface area (Å²) in [5, 5.41) is 7.43. The van der Waals surface area contributed by atoms with Crippen molar-refractivity contribution in [1.82, 2.24) is 20.0 Å². The zero-order valence-corrected chi connectivity index (χ0v) is 19.3. The van der Waals surface area contributed by atoms with Crippen molar-refractivity contribution >= 4 is 17.8 Å². The Labute approximate surface area is 193 Å². The summed E-state index contributed by atoms with van der Waals surface area (Å²) in [5.41, 5.74) is -0.142. The van der Waals surface area contributed by atoms with E-state index in [1.54, 1.807) is 18.9 Å². The van der Waals surface area contributed by atoms with Gasteiger partial charge in [0.05, 0.1) is 27.3 Å². The van der Waals surface area contributed by atoms with Gasteiger partial charge in [0.25, 0.3) is 5.91 Å². The molecule has 1 aliphatic heterocycles. The Morgan fingerprint density at radius 2 is 1.91 bits per heavy atom. The third-order valence-corrected chi connectivity index (χ3v) is 6.64. The molecule has 0 bridgehead atoms. The van der Waals surface area contributed by atoms with Gasteiger partial charge in [0.15, 0.2) is 5.69 Å². The number of hydrogen-bond donors (Lipinski definition) is 1. The van der Waals surface area contributed by atoms with Crippen molar-refractivity contribution in [1.29, 1.82) is 0 Å². The number of amides is 2. The molecule has 0 spiro atoms. The smallest absolute Gasteiger partial charge is 0.358 e. The summed E-state index contributed by atoms with van der Waals surface area (Å²) in [7, 11) is 2.84. The lowest BCUT2D eigenvalue weighted by molar-refractivity contribution is -0.134. The molecule has 0 saturated heterocycles. The molecule has 2 heterocycles. The second-order valence-corrected chi connectivity index (χ2v) is 8.85. The second-order valence-electron chi connectivity index (χ2n) is 8.85. The summed E-state index contributed by atoms with van der Waals surface area (Å²) in [6.07, 6.45) is 5.20. The molecule has 2 aromatic rings. The Hall–Kier alpha value is -3.36. The van der Waals surface area contributed by atoms with Gasteiger partial charge in [0.2, 0.25) is 5.91 Å². The Morgan fingerprint density at radius 3 is 2.61 bits per heavy atom. The highest BCUT2D eigenvalue weighted by Gasteiger charge is 2.48. The van der Waals surface area contributed by atoms with E-state index >= 15 is 0 Å². The van der Waals surface area contributed by atoms with Crippen LogP contribution >= 0.6 is 0 Å². The number of nitrogens with one attached hydrogen (secondary N) is 1. The molecule has 176 valence electrons. The topological polar surface area (TPSA) is 103 Å². The molecule has 1 N–H and O–H groups in total. The molecule has 1 fully saturated rings. The number of carbonyl (C=O) groups excluding carboxylic acids is 3. The summed E-state index contributed by atoms with van der Waals surface area (Å²) in [5.74, 6) is -0.599. The number of hydrogen-bond acceptors (Lipinski definition) is 6. The van der Waals surface area contributed by atoms with Gasteiger partial charge < -0.3 is 19.7 Å². The van der Waals surface area contributed by atoms with Crippen LogP contribution in [0.25, 0.3) is 0 Å². The molecule has 1 aromatic carbocycles. The van der Waals surface area contributed by atoms with Crippen LogP contribution in [0, 0.1) is 0 Å². The van der Waals surface area contributed by atoms with E-state index in [1.165, 1.54) is 24.3 Å². The van der Waals surface area contributed by atoms with Crippen molar-refractivity contribution < 1.29 is 23.9 Å². The number of rotatable bonds is 6. The van der Waals surface area contributed by atoms with Gasteiger partial charge in [-0.05, 0) is 25.8 Å². The van der Waals surface area contributed by atoms with Crippen LogP contribution in [-0.4, -0.2) is 58.3 Å². The standard InChI is InChI=1S/C24H30N4O5/c1-24(23(31)25-17-10-5-4-6-11-17)15-28-19(13-18(26-28)22(30)33-3)21(29)27(24)14-16-9-7-8-12-20(16)32-2/h7-9,12-13,17H,4-6,10-11,14-15H2,1-3H3,(H,25,31)/t24-/m1/s1. The van der Waals surface area contributed by atoms with Crippen LogP contribution in [-0.2, 0) is 22.6 Å². The summed E-state index contributed by atoms with van der Waals surface area (Å²) in [4.78, 5) is 40.9. The Bertz CT molecular complexity index is 1060. The molecular weight excluding hydrogens is 424 g/mol. The molecule has 1 aromatic heterocycles. The molecule has 33 heavy (non-hydrogen) atoms. The number of para-hydroxylation sites is 1. The molecule has 1 aliphatic carbocycles. The van der Waals surface area contributed by atoms with Crippen molar-refractivity contribution in [3.8, 4) is 5.75 Å². The van der Waals surface area contributed by atoms with Gasteiger partial charge in [0.1, 0.15) is 17.0 Å². The third kappa shape index (κ3) is 4.31. The van der Waals surface area contributed by atoms with Crippen molar-refractivity contribution in [2.75, 3.05) is 14.2 Å². The lowest BCUT2D eigenvalue weighted by atomic mass is 9.91. The first-order chi connectivity index (χ1) is 15.9. The average Bonchev–Trinajstić information content (AvgIpc) is 3.26. The van der Waals surface area contributed by atoms with Crippen LogP contribution in [0.1, 0.15) is 65.6 Å². The highest BCUT2D eigenvalue weighted by atomic mass is 16.5. The number of nitrogens with zero attached hydrogens (tertiary/aromatic N) is 3. The van der Waals surface area contributed by atoms with Crippen LogP contribution in [0.2, 0.25) is 0 Å². The highest BCUT2D eigenvalue weighted by molar-refractivity contribution is 6.01. The molecule has 2 aliphatic rings. The number of esters is 1. The Balaban J connectivity index is 1.71. The third-order valence-electron chi connectivity index (χ3n) is 6.64. The minimum absolute atomic E-state index is 0.0371. The lowest BCUT2D eigenvalue weighted by Gasteiger charge is -2.44. The maximum atomic E-state index is 13.6. The van der Waals surface area contributed by atoms with Crippen LogP contribution in [0.5, 0.6) is 5.75 Å². The van der Waals surface area contributed by atoms with Crippen molar-refractivity contribution in [2.24, 2.45) is 0 Å². The van der Waals surface area contributed by atoms with Crippen molar-refractivity contribution in [2.45, 2.75) is 63.7 Å². The van der Waals surface area contributed by atoms with Crippen molar-refractivity contribution in [3.63, 3.8) is 0 Å². The summed E-state index contributed by atoms with van der Waals surface area (Å²) in [6, 6.07) is 8.93. The number of benzene rings is 1. The summed E-state index contributed by atoms with van der Waals surface area (Å²) < 4.78 is 11.7. The molecule has 4 rings (SSSR count). The normalized spacial score (nSPS) is 20.8. The fraction of sp³-hybridized carbons (Fsp3) is 0.500. The van der Waals surface area contributed by atoms with Gasteiger partial charge in [-0.3, -0.25) is 14.3 Å². The number of methoxy groups -OCH3 is 2. The summed E-state index contributed by atoms with van der Waals surface area (Å²) in [6.45, 7) is 2.05. The predicted octanol–water partition coefficient (Wildman–Crippen LogP) is 2.54. The predicted molar refractivity (Wildman–Crippen MR) is 120 cm³/mol. The lowest BCUT2D eigenvalue weighted by Crippen LogP contribution is -2.64. The molecule has 9 heteroatoms. The molecule has 1 saturated carbocycles. The first-order valence-electron chi connectivity index (χ1n) is 11.3. The number of ether oxygens (including phenoxy) is 2. The Kier molecular flexibility index (Phi) is 6.40. The van der Waals surface area contributed by atoms with E-state index in [0.717, 1.165) is 31.2 Å². The van der Waals surface area contributed by atoms with Gasteiger partial charge in [-0.1, -0.05) is 37.5 Å². The molecule has 2 amide bonds. The van der Waals surface area contributed by atoms with Gasteiger partial charge in [-0.2, -0.15) is 5.10 Å². The van der Waals surface area contributed by atoms with Crippen LogP contribution in [0.4, 0.5) is 0 Å². The largest absolute Gasteiger partial charge is 0.496 e. The van der Waals surface area contributed by atoms with E-state index < -0.39 is 11.5 Å². The van der Waals surface area contributed by atoms with E-state index in [4.69, 9.17) is 9.47 Å². The highest BCUT2D eigenvalue weighted by Crippen LogP contribution is 2.32. The summed E-state index contributed by atoms with van der Waals surface area (Å²) >= 11 is 0. The monoisotopic (exact) mass is 454 g/mol. The van der Waals surface area contributed by atoms with E-state index in [2.05, 4.69) is 10.4 Å². The van der Waals surface area contributed by atoms with Crippen LogP contribution in [0.3, 0.4) is 0 Å². The second kappa shape index (κ2) is 9.25. The zero-order valence-electron chi connectivity index (χ0n) is 19.3. The maximum absolute atomic E-state index is 13.6. The van der Waals surface area contributed by atoms with Crippen LogP contribution in [0.15, 0.2) is 30.3 Å². The van der Waals surface area contributed by atoms with Crippen LogP contribution < -0.4 is 10.1 Å². The molecule has 0 unspecified atom stereocenters. The van der Waals surface area contributed by atoms with Gasteiger partial charge in [0, 0.05) is 17.7 Å². The number of aromatic nitrogens is 2. The molecule has 9 nitrogen and oxygen atoms in total. The van der Waals surface area contributed by atoms with E-state index in [1.807, 2.05) is 24.3 Å². The van der Waals surface area contributed by atoms with E-state index in [-0.39, 0.29) is 42.3 Å². The van der Waals surface area contributed by atoms with Gasteiger partial charge >= 0.3 is 5.97 Å². The zero-order chi connectivity index (χ0) is 23.6. The molecule has 1 atom stereocenters. The minimum atomic E-state index is -1.21. The average molecular weight is 455 g/mol.